The van der Waals surface area contributed by atoms with Crippen LogP contribution < -0.4 is 0 Å². The molecule has 2 aromatic rings. The SMILES string of the molecule is N#CC(=Cc1ccc(O)c(O)c1)C(=O)OCCc1ccc(O)cc1. The van der Waals surface area contributed by atoms with Gasteiger partial charge in [-0.05, 0) is 41.5 Å². The Kier molecular flexibility index (Phi) is 5.42. The van der Waals surface area contributed by atoms with Gasteiger partial charge in [0.15, 0.2) is 11.5 Å². The molecule has 2 rings (SSSR count). The molecule has 0 aliphatic rings. The molecule has 0 aliphatic carbocycles. The van der Waals surface area contributed by atoms with E-state index >= 15 is 0 Å². The second-order valence-corrected chi connectivity index (χ2v) is 4.97. The summed E-state index contributed by atoms with van der Waals surface area (Å²) in [4.78, 5) is 11.9. The minimum atomic E-state index is -0.774. The van der Waals surface area contributed by atoms with Gasteiger partial charge in [0, 0.05) is 6.42 Å². The van der Waals surface area contributed by atoms with Gasteiger partial charge in [-0.15, -0.1) is 0 Å². The Morgan fingerprint density at radius 2 is 1.79 bits per heavy atom. The number of nitrogens with zero attached hydrogens (tertiary/aromatic N) is 1. The molecule has 0 saturated carbocycles. The second kappa shape index (κ2) is 7.70. The van der Waals surface area contributed by atoms with E-state index in [2.05, 4.69) is 0 Å². The molecule has 0 atom stereocenters. The van der Waals surface area contributed by atoms with Crippen LogP contribution in [-0.2, 0) is 16.0 Å². The molecule has 0 radical (unpaired) electrons. The predicted molar refractivity (Wildman–Crippen MR) is 86.1 cm³/mol. The van der Waals surface area contributed by atoms with Crippen molar-refractivity contribution in [2.45, 2.75) is 6.42 Å². The smallest absolute Gasteiger partial charge is 0.348 e. The lowest BCUT2D eigenvalue weighted by Gasteiger charge is -2.05. The fraction of sp³-hybridized carbons (Fsp3) is 0.111. The third-order valence-electron chi connectivity index (χ3n) is 3.21. The Morgan fingerprint density at radius 1 is 1.08 bits per heavy atom. The van der Waals surface area contributed by atoms with Crippen LogP contribution >= 0.6 is 0 Å². The van der Waals surface area contributed by atoms with Gasteiger partial charge in [0.25, 0.3) is 0 Å². The number of hydrogen-bond donors (Lipinski definition) is 3. The molecule has 122 valence electrons. The van der Waals surface area contributed by atoms with Crippen LogP contribution in [0, 0.1) is 11.3 Å². The van der Waals surface area contributed by atoms with Gasteiger partial charge in [-0.25, -0.2) is 4.79 Å². The molecule has 0 aromatic heterocycles. The molecule has 0 spiro atoms. The molecule has 0 heterocycles. The number of phenols is 3. The number of aromatic hydroxyl groups is 3. The number of nitriles is 1. The van der Waals surface area contributed by atoms with Gasteiger partial charge >= 0.3 is 5.97 Å². The van der Waals surface area contributed by atoms with Crippen molar-refractivity contribution < 1.29 is 24.9 Å². The fourth-order valence-corrected chi connectivity index (χ4v) is 1.94. The van der Waals surface area contributed by atoms with E-state index < -0.39 is 5.97 Å². The third-order valence-corrected chi connectivity index (χ3v) is 3.21. The number of ether oxygens (including phenoxy) is 1. The number of hydrogen-bond acceptors (Lipinski definition) is 6. The van der Waals surface area contributed by atoms with E-state index in [4.69, 9.17) is 10.00 Å². The van der Waals surface area contributed by atoms with Gasteiger partial charge in [0.1, 0.15) is 17.4 Å². The van der Waals surface area contributed by atoms with Crippen molar-refractivity contribution in [1.29, 1.82) is 5.26 Å². The first-order valence-electron chi connectivity index (χ1n) is 7.08. The lowest BCUT2D eigenvalue weighted by molar-refractivity contribution is -0.138. The maximum Gasteiger partial charge on any atom is 0.348 e. The second-order valence-electron chi connectivity index (χ2n) is 4.97. The van der Waals surface area contributed by atoms with Crippen molar-refractivity contribution in [1.82, 2.24) is 0 Å². The number of phenolic OH excluding ortho intramolecular Hbond substituents is 3. The Hall–Kier alpha value is -3.46. The molecular formula is C18H15NO5. The maximum absolute atomic E-state index is 11.9. The van der Waals surface area contributed by atoms with Crippen molar-refractivity contribution >= 4 is 12.0 Å². The summed E-state index contributed by atoms with van der Waals surface area (Å²) in [6.45, 7) is 0.0868. The van der Waals surface area contributed by atoms with Gasteiger partial charge in [-0.3, -0.25) is 0 Å². The largest absolute Gasteiger partial charge is 0.508 e. The number of carbonyl (C=O) groups excluding carboxylic acids is 1. The first kappa shape index (κ1) is 16.9. The normalized spacial score (nSPS) is 10.9. The highest BCUT2D eigenvalue weighted by Crippen LogP contribution is 2.26. The lowest BCUT2D eigenvalue weighted by atomic mass is 10.1. The standard InChI is InChI=1S/C18H15NO5/c19-11-14(9-13-3-6-16(21)17(22)10-13)18(23)24-8-7-12-1-4-15(20)5-2-12/h1-6,9-10,20-22H,7-8H2. The summed E-state index contributed by atoms with van der Waals surface area (Å²) in [5, 5.41) is 36.9. The lowest BCUT2D eigenvalue weighted by Crippen LogP contribution is -2.09. The molecule has 2 aromatic carbocycles. The van der Waals surface area contributed by atoms with E-state index in [-0.39, 0.29) is 29.4 Å². The maximum atomic E-state index is 11.9. The highest BCUT2D eigenvalue weighted by Gasteiger charge is 2.11. The molecule has 24 heavy (non-hydrogen) atoms. The first-order chi connectivity index (χ1) is 11.5. The van der Waals surface area contributed by atoms with Crippen molar-refractivity contribution in [3.63, 3.8) is 0 Å². The fourth-order valence-electron chi connectivity index (χ4n) is 1.94. The van der Waals surface area contributed by atoms with Crippen molar-refractivity contribution in [2.75, 3.05) is 6.61 Å². The Balaban J connectivity index is 1.98. The molecule has 0 fully saturated rings. The summed E-state index contributed by atoms with van der Waals surface area (Å²) in [7, 11) is 0. The minimum Gasteiger partial charge on any atom is -0.508 e. The molecule has 0 unspecified atom stereocenters. The van der Waals surface area contributed by atoms with Crippen LogP contribution in [-0.4, -0.2) is 27.9 Å². The van der Waals surface area contributed by atoms with E-state index in [1.807, 2.05) is 0 Å². The van der Waals surface area contributed by atoms with Crippen LogP contribution in [0.5, 0.6) is 17.2 Å². The van der Waals surface area contributed by atoms with E-state index in [9.17, 15) is 20.1 Å². The molecule has 0 saturated heterocycles. The minimum absolute atomic E-state index is 0.0868. The van der Waals surface area contributed by atoms with E-state index in [1.165, 1.54) is 36.4 Å². The number of benzene rings is 2. The predicted octanol–water partition coefficient (Wildman–Crippen LogP) is 2.50. The topological polar surface area (TPSA) is 111 Å². The van der Waals surface area contributed by atoms with Crippen molar-refractivity contribution in [2.24, 2.45) is 0 Å². The number of carbonyl (C=O) groups is 1. The third kappa shape index (κ3) is 4.52. The van der Waals surface area contributed by atoms with Gasteiger partial charge in [-0.2, -0.15) is 5.26 Å². The van der Waals surface area contributed by atoms with Gasteiger partial charge in [-0.1, -0.05) is 18.2 Å². The molecule has 3 N–H and O–H groups in total. The van der Waals surface area contributed by atoms with Gasteiger partial charge in [0.2, 0.25) is 0 Å². The number of rotatable bonds is 5. The highest BCUT2D eigenvalue weighted by molar-refractivity contribution is 5.97. The Labute approximate surface area is 138 Å². The zero-order chi connectivity index (χ0) is 17.5. The quantitative estimate of drug-likeness (QED) is 0.337. The molecular weight excluding hydrogens is 310 g/mol. The summed E-state index contributed by atoms with van der Waals surface area (Å²) < 4.78 is 5.05. The Bertz CT molecular complexity index is 803. The average Bonchev–Trinajstić information content (AvgIpc) is 2.57. The summed E-state index contributed by atoms with van der Waals surface area (Å²) >= 11 is 0. The van der Waals surface area contributed by atoms with E-state index in [1.54, 1.807) is 18.2 Å². The highest BCUT2D eigenvalue weighted by atomic mass is 16.5. The summed E-state index contributed by atoms with van der Waals surface area (Å²) in [6, 6.07) is 12.2. The van der Waals surface area contributed by atoms with Gasteiger partial charge in [0.05, 0.1) is 6.61 Å². The molecule has 0 amide bonds. The van der Waals surface area contributed by atoms with E-state index in [0.717, 1.165) is 5.56 Å². The zero-order valence-corrected chi connectivity index (χ0v) is 12.6. The van der Waals surface area contributed by atoms with E-state index in [0.29, 0.717) is 12.0 Å². The monoisotopic (exact) mass is 325 g/mol. The van der Waals surface area contributed by atoms with Crippen LogP contribution in [0.25, 0.3) is 6.08 Å². The van der Waals surface area contributed by atoms with Crippen LogP contribution in [0.3, 0.4) is 0 Å². The molecule has 0 aliphatic heterocycles. The molecule has 6 heteroatoms. The van der Waals surface area contributed by atoms with Crippen LogP contribution in [0.2, 0.25) is 0 Å². The van der Waals surface area contributed by atoms with Crippen LogP contribution in [0.1, 0.15) is 11.1 Å². The summed E-state index contributed by atoms with van der Waals surface area (Å²) in [6.07, 6.45) is 1.72. The Morgan fingerprint density at radius 3 is 2.42 bits per heavy atom. The first-order valence-corrected chi connectivity index (χ1v) is 7.08. The van der Waals surface area contributed by atoms with Crippen molar-refractivity contribution in [3.8, 4) is 23.3 Å². The summed E-state index contributed by atoms with van der Waals surface area (Å²) in [5.74, 6) is -1.25. The molecule has 0 bridgehead atoms. The van der Waals surface area contributed by atoms with Crippen LogP contribution in [0.4, 0.5) is 0 Å². The number of esters is 1. The van der Waals surface area contributed by atoms with Crippen molar-refractivity contribution in [3.05, 3.63) is 59.2 Å². The summed E-state index contributed by atoms with van der Waals surface area (Å²) in [5.41, 5.74) is 1.05. The van der Waals surface area contributed by atoms with Gasteiger partial charge < -0.3 is 20.1 Å². The van der Waals surface area contributed by atoms with Crippen LogP contribution in [0.15, 0.2) is 48.0 Å². The molecule has 6 nitrogen and oxygen atoms in total. The zero-order valence-electron chi connectivity index (χ0n) is 12.6. The average molecular weight is 325 g/mol.